The summed E-state index contributed by atoms with van der Waals surface area (Å²) in [5.41, 5.74) is 1.02. The van der Waals surface area contributed by atoms with E-state index in [0.717, 1.165) is 18.4 Å². The van der Waals surface area contributed by atoms with Crippen LogP contribution in [0.1, 0.15) is 43.0 Å². The highest BCUT2D eigenvalue weighted by Gasteiger charge is 2.28. The second-order valence-corrected chi connectivity index (χ2v) is 6.56. The summed E-state index contributed by atoms with van der Waals surface area (Å²) in [6.07, 6.45) is 5.77. The molecule has 1 fully saturated rings. The summed E-state index contributed by atoms with van der Waals surface area (Å²) < 4.78 is 16.4. The summed E-state index contributed by atoms with van der Waals surface area (Å²) >= 11 is 0. The fraction of sp³-hybridized carbons (Fsp3) is 0.450. The molecule has 0 N–H and O–H groups in total. The molecule has 1 aliphatic heterocycles. The van der Waals surface area contributed by atoms with Crippen LogP contribution in [0.25, 0.3) is 6.08 Å². The van der Waals surface area contributed by atoms with Crippen LogP contribution in [0.2, 0.25) is 0 Å². The average Bonchev–Trinajstić information content (AvgIpc) is 3.13. The standard InChI is InChI=1S/C20H25N3O4/c1-4-6-15-8-9-17(18(11-15)25-3)26-13-19(24)23-10-5-7-16(12-23)20-21-14(2)22-27-20/h4,6,8-9,11,16H,5,7,10,12-13H2,1-3H3/b6-4+/t16-/m0/s1. The Morgan fingerprint density at radius 2 is 2.26 bits per heavy atom. The number of piperidine rings is 1. The van der Waals surface area contributed by atoms with Crippen molar-refractivity contribution in [3.8, 4) is 11.5 Å². The molecule has 1 atom stereocenters. The fourth-order valence-corrected chi connectivity index (χ4v) is 3.21. The van der Waals surface area contributed by atoms with Crippen LogP contribution in [0.3, 0.4) is 0 Å². The Labute approximate surface area is 159 Å². The second-order valence-electron chi connectivity index (χ2n) is 6.56. The van der Waals surface area contributed by atoms with Crippen LogP contribution in [0, 0.1) is 6.92 Å². The van der Waals surface area contributed by atoms with Crippen LogP contribution in [0.4, 0.5) is 0 Å². The van der Waals surface area contributed by atoms with Gasteiger partial charge in [0.1, 0.15) is 0 Å². The number of methoxy groups -OCH3 is 1. The van der Waals surface area contributed by atoms with Crippen LogP contribution >= 0.6 is 0 Å². The van der Waals surface area contributed by atoms with Crippen molar-refractivity contribution in [1.82, 2.24) is 15.0 Å². The van der Waals surface area contributed by atoms with E-state index in [2.05, 4.69) is 10.1 Å². The summed E-state index contributed by atoms with van der Waals surface area (Å²) in [4.78, 5) is 18.7. The van der Waals surface area contributed by atoms with Gasteiger partial charge in [0.25, 0.3) is 5.91 Å². The first-order valence-electron chi connectivity index (χ1n) is 9.12. The lowest BCUT2D eigenvalue weighted by Gasteiger charge is -2.31. The van der Waals surface area contributed by atoms with Crippen LogP contribution in [-0.4, -0.2) is 47.8 Å². The highest BCUT2D eigenvalue weighted by Crippen LogP contribution is 2.29. The van der Waals surface area contributed by atoms with Gasteiger partial charge in [-0.25, -0.2) is 0 Å². The van der Waals surface area contributed by atoms with Gasteiger partial charge in [0.2, 0.25) is 5.89 Å². The van der Waals surface area contributed by atoms with Crippen molar-refractivity contribution in [3.05, 3.63) is 41.6 Å². The molecule has 0 unspecified atom stereocenters. The van der Waals surface area contributed by atoms with Gasteiger partial charge in [0.15, 0.2) is 23.9 Å². The van der Waals surface area contributed by atoms with Crippen molar-refractivity contribution < 1.29 is 18.8 Å². The number of aromatic nitrogens is 2. The minimum Gasteiger partial charge on any atom is -0.493 e. The maximum absolute atomic E-state index is 12.6. The molecular formula is C20H25N3O4. The number of rotatable bonds is 6. The number of carbonyl (C=O) groups excluding carboxylic acids is 1. The smallest absolute Gasteiger partial charge is 0.260 e. The summed E-state index contributed by atoms with van der Waals surface area (Å²) in [5, 5.41) is 3.84. The molecule has 7 nitrogen and oxygen atoms in total. The molecule has 1 amide bonds. The lowest BCUT2D eigenvalue weighted by atomic mass is 9.98. The number of amides is 1. The van der Waals surface area contributed by atoms with Crippen LogP contribution in [0.15, 0.2) is 28.8 Å². The van der Waals surface area contributed by atoms with Gasteiger partial charge in [-0.05, 0) is 44.4 Å². The van der Waals surface area contributed by atoms with Crippen LogP contribution in [-0.2, 0) is 4.79 Å². The molecule has 0 saturated carbocycles. The molecule has 0 spiro atoms. The minimum absolute atomic E-state index is 0.0328. The number of ether oxygens (including phenoxy) is 2. The lowest BCUT2D eigenvalue weighted by molar-refractivity contribution is -0.134. The Bertz CT molecular complexity index is 815. The van der Waals surface area contributed by atoms with Gasteiger partial charge >= 0.3 is 0 Å². The zero-order valence-corrected chi connectivity index (χ0v) is 16.0. The first-order valence-corrected chi connectivity index (χ1v) is 9.12. The van der Waals surface area contributed by atoms with E-state index in [1.807, 2.05) is 37.3 Å². The molecule has 7 heteroatoms. The molecule has 2 heterocycles. The summed E-state index contributed by atoms with van der Waals surface area (Å²) in [6, 6.07) is 5.63. The van der Waals surface area contributed by atoms with Gasteiger partial charge < -0.3 is 18.9 Å². The minimum atomic E-state index is -0.0597. The van der Waals surface area contributed by atoms with E-state index < -0.39 is 0 Å². The van der Waals surface area contributed by atoms with Crippen molar-refractivity contribution in [3.63, 3.8) is 0 Å². The fourth-order valence-electron chi connectivity index (χ4n) is 3.21. The van der Waals surface area contributed by atoms with Gasteiger partial charge in [-0.15, -0.1) is 0 Å². The zero-order chi connectivity index (χ0) is 19.2. The average molecular weight is 371 g/mol. The highest BCUT2D eigenvalue weighted by molar-refractivity contribution is 5.78. The number of carbonyl (C=O) groups is 1. The Morgan fingerprint density at radius 1 is 1.41 bits per heavy atom. The number of hydrogen-bond acceptors (Lipinski definition) is 6. The highest BCUT2D eigenvalue weighted by atomic mass is 16.5. The lowest BCUT2D eigenvalue weighted by Crippen LogP contribution is -2.41. The molecule has 0 radical (unpaired) electrons. The van der Waals surface area contributed by atoms with E-state index in [4.69, 9.17) is 14.0 Å². The molecule has 1 aliphatic rings. The van der Waals surface area contributed by atoms with E-state index >= 15 is 0 Å². The Hall–Kier alpha value is -2.83. The largest absolute Gasteiger partial charge is 0.493 e. The zero-order valence-electron chi connectivity index (χ0n) is 16.0. The number of benzene rings is 1. The van der Waals surface area contributed by atoms with Crippen molar-refractivity contribution in [2.24, 2.45) is 0 Å². The monoisotopic (exact) mass is 371 g/mol. The van der Waals surface area contributed by atoms with Gasteiger partial charge in [0, 0.05) is 13.1 Å². The maximum Gasteiger partial charge on any atom is 0.260 e. The first-order chi connectivity index (χ1) is 13.1. The molecule has 27 heavy (non-hydrogen) atoms. The topological polar surface area (TPSA) is 77.7 Å². The third-order valence-electron chi connectivity index (χ3n) is 4.56. The van der Waals surface area contributed by atoms with Gasteiger partial charge in [-0.3, -0.25) is 4.79 Å². The van der Waals surface area contributed by atoms with Gasteiger partial charge in [-0.1, -0.05) is 23.4 Å². The molecule has 2 aromatic rings. The van der Waals surface area contributed by atoms with E-state index in [1.54, 1.807) is 18.9 Å². The third-order valence-corrected chi connectivity index (χ3v) is 4.56. The van der Waals surface area contributed by atoms with Gasteiger partial charge in [0.05, 0.1) is 13.0 Å². The maximum atomic E-state index is 12.6. The molecule has 0 bridgehead atoms. The van der Waals surface area contributed by atoms with E-state index in [-0.39, 0.29) is 18.4 Å². The number of allylic oxidation sites excluding steroid dienone is 1. The predicted molar refractivity (Wildman–Crippen MR) is 101 cm³/mol. The molecule has 1 aromatic carbocycles. The van der Waals surface area contributed by atoms with Crippen LogP contribution in [0.5, 0.6) is 11.5 Å². The SMILES string of the molecule is C/C=C/c1ccc(OCC(=O)N2CCC[C@H](c3nc(C)no3)C2)c(OC)c1. The Morgan fingerprint density at radius 3 is 2.96 bits per heavy atom. The normalized spacial score (nSPS) is 17.3. The summed E-state index contributed by atoms with van der Waals surface area (Å²) in [5.74, 6) is 2.41. The molecule has 0 aliphatic carbocycles. The molecule has 3 rings (SSSR count). The molecule has 144 valence electrons. The predicted octanol–water partition coefficient (Wildman–Crippen LogP) is 3.20. The van der Waals surface area contributed by atoms with E-state index in [0.29, 0.717) is 36.3 Å². The van der Waals surface area contributed by atoms with Crippen molar-refractivity contribution in [2.75, 3.05) is 26.8 Å². The molecular weight excluding hydrogens is 346 g/mol. The van der Waals surface area contributed by atoms with Crippen LogP contribution < -0.4 is 9.47 Å². The molecule has 1 aromatic heterocycles. The second kappa shape index (κ2) is 8.70. The Balaban J connectivity index is 1.60. The summed E-state index contributed by atoms with van der Waals surface area (Å²) in [7, 11) is 1.59. The van der Waals surface area contributed by atoms with Crippen molar-refractivity contribution in [2.45, 2.75) is 32.6 Å². The molecule has 1 saturated heterocycles. The van der Waals surface area contributed by atoms with E-state index in [9.17, 15) is 4.79 Å². The number of likely N-dealkylation sites (tertiary alicyclic amines) is 1. The van der Waals surface area contributed by atoms with Crippen molar-refractivity contribution in [1.29, 1.82) is 0 Å². The Kier molecular flexibility index (Phi) is 6.11. The number of nitrogens with zero attached hydrogens (tertiary/aromatic N) is 3. The number of hydrogen-bond donors (Lipinski definition) is 0. The van der Waals surface area contributed by atoms with Gasteiger partial charge in [-0.2, -0.15) is 4.98 Å². The van der Waals surface area contributed by atoms with Crippen molar-refractivity contribution >= 4 is 12.0 Å². The first kappa shape index (κ1) is 18.9. The quantitative estimate of drug-likeness (QED) is 0.776. The number of aryl methyl sites for hydroxylation is 1. The summed E-state index contributed by atoms with van der Waals surface area (Å²) in [6.45, 7) is 5.00. The third kappa shape index (κ3) is 4.67. The van der Waals surface area contributed by atoms with E-state index in [1.165, 1.54) is 0 Å².